The SMILES string of the molecule is CCC(=O)c1ccc(C(F)(F)F)n(CCCN2CC3CC(C2)O3)c1=O. The van der Waals surface area contributed by atoms with Crippen LogP contribution >= 0.6 is 0 Å². The summed E-state index contributed by atoms with van der Waals surface area (Å²) in [5.74, 6) is -0.444. The topological polar surface area (TPSA) is 51.5 Å². The number of hydrogen-bond donors (Lipinski definition) is 0. The Morgan fingerprint density at radius 3 is 2.44 bits per heavy atom. The van der Waals surface area contributed by atoms with Crippen LogP contribution in [0, 0.1) is 0 Å². The number of pyridine rings is 1. The first-order valence-electron chi connectivity index (χ1n) is 8.51. The number of ketones is 1. The Labute approximate surface area is 143 Å². The molecule has 0 amide bonds. The number of ether oxygens (including phenoxy) is 1. The largest absolute Gasteiger partial charge is 0.431 e. The summed E-state index contributed by atoms with van der Waals surface area (Å²) in [5, 5.41) is 0. The fourth-order valence-electron chi connectivity index (χ4n) is 3.53. The number of fused-ring (bicyclic) bond motifs is 2. The van der Waals surface area contributed by atoms with E-state index in [9.17, 15) is 22.8 Å². The molecule has 5 nitrogen and oxygen atoms in total. The number of nitrogens with zero attached hydrogens (tertiary/aromatic N) is 2. The third-order valence-corrected chi connectivity index (χ3v) is 4.78. The highest BCUT2D eigenvalue weighted by Crippen LogP contribution is 2.29. The molecule has 0 radical (unpaired) electrons. The van der Waals surface area contributed by atoms with Crippen LogP contribution < -0.4 is 5.56 Å². The van der Waals surface area contributed by atoms with Gasteiger partial charge in [0.05, 0.1) is 17.8 Å². The molecule has 3 aliphatic rings. The van der Waals surface area contributed by atoms with Gasteiger partial charge in [-0.3, -0.25) is 14.5 Å². The number of Topliss-reactive ketones (excluding diaryl/α,β-unsaturated/α-hetero) is 1. The highest BCUT2D eigenvalue weighted by Gasteiger charge is 2.38. The number of hydrogen-bond acceptors (Lipinski definition) is 4. The molecule has 138 valence electrons. The molecule has 8 heteroatoms. The molecule has 0 aliphatic carbocycles. The highest BCUT2D eigenvalue weighted by atomic mass is 19.4. The van der Waals surface area contributed by atoms with Gasteiger partial charge in [0.1, 0.15) is 5.69 Å². The van der Waals surface area contributed by atoms with Gasteiger partial charge < -0.3 is 9.30 Å². The zero-order chi connectivity index (χ0) is 18.2. The van der Waals surface area contributed by atoms with Crippen LogP contribution in [0.1, 0.15) is 42.2 Å². The van der Waals surface area contributed by atoms with Crippen LogP contribution in [0.5, 0.6) is 0 Å². The second kappa shape index (κ2) is 6.92. The molecule has 2 atom stereocenters. The Kier molecular flexibility index (Phi) is 5.02. The van der Waals surface area contributed by atoms with Crippen LogP contribution in [0.2, 0.25) is 0 Å². The predicted molar refractivity (Wildman–Crippen MR) is 84.7 cm³/mol. The maximum atomic E-state index is 13.2. The van der Waals surface area contributed by atoms with Crippen molar-refractivity contribution in [3.8, 4) is 0 Å². The molecule has 0 spiro atoms. The monoisotopic (exact) mass is 358 g/mol. The van der Waals surface area contributed by atoms with E-state index in [0.717, 1.165) is 31.6 Å². The Morgan fingerprint density at radius 1 is 1.24 bits per heavy atom. The van der Waals surface area contributed by atoms with E-state index in [2.05, 4.69) is 4.90 Å². The van der Waals surface area contributed by atoms with Crippen molar-refractivity contribution in [3.63, 3.8) is 0 Å². The molecule has 25 heavy (non-hydrogen) atoms. The molecule has 1 aromatic heterocycles. The highest BCUT2D eigenvalue weighted by molar-refractivity contribution is 5.95. The number of rotatable bonds is 6. The summed E-state index contributed by atoms with van der Waals surface area (Å²) in [7, 11) is 0. The third-order valence-electron chi connectivity index (χ3n) is 4.78. The fraction of sp³-hybridized carbons (Fsp3) is 0.647. The van der Waals surface area contributed by atoms with E-state index >= 15 is 0 Å². The van der Waals surface area contributed by atoms with E-state index in [1.54, 1.807) is 6.92 Å². The molecule has 4 rings (SSSR count). The van der Waals surface area contributed by atoms with Crippen molar-refractivity contribution in [2.24, 2.45) is 0 Å². The van der Waals surface area contributed by atoms with Crippen LogP contribution in [-0.2, 0) is 17.5 Å². The molecule has 2 unspecified atom stereocenters. The van der Waals surface area contributed by atoms with E-state index in [4.69, 9.17) is 4.74 Å². The Morgan fingerprint density at radius 2 is 1.88 bits per heavy atom. The van der Waals surface area contributed by atoms with Gasteiger partial charge in [-0.15, -0.1) is 0 Å². The molecule has 2 bridgehead atoms. The standard InChI is InChI=1S/C17H21F3N2O3/c1-2-14(23)13-4-5-15(17(18,19)20)22(16(13)24)7-3-6-21-9-11-8-12(10-21)25-11/h4-5,11-12H,2-3,6-10H2,1H3. The maximum Gasteiger partial charge on any atom is 0.431 e. The minimum atomic E-state index is -4.63. The lowest BCUT2D eigenvalue weighted by atomic mass is 9.99. The molecule has 0 N–H and O–H groups in total. The van der Waals surface area contributed by atoms with Gasteiger partial charge in [-0.1, -0.05) is 6.92 Å². The summed E-state index contributed by atoms with van der Waals surface area (Å²) < 4.78 is 45.9. The number of halogens is 3. The van der Waals surface area contributed by atoms with Gasteiger partial charge >= 0.3 is 6.18 Å². The molecule has 1 aromatic rings. The van der Waals surface area contributed by atoms with Gasteiger partial charge in [-0.25, -0.2) is 0 Å². The molecule has 3 saturated heterocycles. The normalized spacial score (nSPS) is 23.4. The van der Waals surface area contributed by atoms with E-state index < -0.39 is 23.2 Å². The summed E-state index contributed by atoms with van der Waals surface area (Å²) in [5.41, 5.74) is -2.04. The van der Waals surface area contributed by atoms with E-state index in [-0.39, 0.29) is 30.7 Å². The molecule has 3 fully saturated rings. The summed E-state index contributed by atoms with van der Waals surface area (Å²) in [6, 6.07) is 1.82. The number of piperidine rings is 1. The van der Waals surface area contributed by atoms with Crippen molar-refractivity contribution in [3.05, 3.63) is 33.7 Å². The second-order valence-electron chi connectivity index (χ2n) is 6.59. The average molecular weight is 358 g/mol. The van der Waals surface area contributed by atoms with Crippen molar-refractivity contribution in [1.82, 2.24) is 9.47 Å². The van der Waals surface area contributed by atoms with Crippen LogP contribution in [0.4, 0.5) is 13.2 Å². The van der Waals surface area contributed by atoms with Gasteiger partial charge in [0.15, 0.2) is 5.78 Å². The van der Waals surface area contributed by atoms with E-state index in [1.165, 1.54) is 0 Å². The van der Waals surface area contributed by atoms with Gasteiger partial charge in [0, 0.05) is 39.0 Å². The maximum absolute atomic E-state index is 13.2. The fourth-order valence-corrected chi connectivity index (χ4v) is 3.53. The molecular weight excluding hydrogens is 337 g/mol. The van der Waals surface area contributed by atoms with Crippen molar-refractivity contribution < 1.29 is 22.7 Å². The average Bonchev–Trinajstić information content (AvgIpc) is 2.54. The summed E-state index contributed by atoms with van der Waals surface area (Å²) in [6.07, 6.45) is -2.62. The van der Waals surface area contributed by atoms with Crippen LogP contribution in [0.15, 0.2) is 16.9 Å². The smallest absolute Gasteiger partial charge is 0.372 e. The van der Waals surface area contributed by atoms with Gasteiger partial charge in [-0.2, -0.15) is 13.2 Å². The summed E-state index contributed by atoms with van der Waals surface area (Å²) in [4.78, 5) is 26.3. The van der Waals surface area contributed by atoms with E-state index in [1.807, 2.05) is 0 Å². The van der Waals surface area contributed by atoms with Gasteiger partial charge in [0.25, 0.3) is 5.56 Å². The molecular formula is C17H21F3N2O3. The van der Waals surface area contributed by atoms with E-state index in [0.29, 0.717) is 17.5 Å². The number of aromatic nitrogens is 1. The van der Waals surface area contributed by atoms with Crippen molar-refractivity contribution in [1.29, 1.82) is 0 Å². The minimum absolute atomic E-state index is 0.0643. The number of alkyl halides is 3. The molecule has 0 aromatic carbocycles. The van der Waals surface area contributed by atoms with Gasteiger partial charge in [0.2, 0.25) is 0 Å². The predicted octanol–water partition coefficient (Wildman–Crippen LogP) is 2.32. The lowest BCUT2D eigenvalue weighted by Gasteiger charge is -2.47. The third kappa shape index (κ3) is 3.79. The number of morpholine rings is 1. The molecule has 4 heterocycles. The van der Waals surface area contributed by atoms with Crippen LogP contribution in [0.3, 0.4) is 0 Å². The zero-order valence-corrected chi connectivity index (χ0v) is 14.0. The van der Waals surface area contributed by atoms with Crippen molar-refractivity contribution in [2.45, 2.75) is 51.1 Å². The zero-order valence-electron chi connectivity index (χ0n) is 14.0. The quantitative estimate of drug-likeness (QED) is 0.733. The summed E-state index contributed by atoms with van der Waals surface area (Å²) in [6.45, 7) is 3.68. The molecule has 0 saturated carbocycles. The minimum Gasteiger partial charge on any atom is -0.372 e. The number of carbonyl (C=O) groups is 1. The first-order chi connectivity index (χ1) is 11.8. The summed E-state index contributed by atoms with van der Waals surface area (Å²) >= 11 is 0. The van der Waals surface area contributed by atoms with Crippen molar-refractivity contribution in [2.75, 3.05) is 19.6 Å². The Bertz CT molecular complexity index is 698. The molecule has 3 aliphatic heterocycles. The first kappa shape index (κ1) is 18.1. The Hall–Kier alpha value is -1.67. The first-order valence-corrected chi connectivity index (χ1v) is 8.51. The van der Waals surface area contributed by atoms with Crippen molar-refractivity contribution >= 4 is 5.78 Å². The Balaban J connectivity index is 1.75. The lowest BCUT2D eigenvalue weighted by Crippen LogP contribution is -2.57. The second-order valence-corrected chi connectivity index (χ2v) is 6.59. The van der Waals surface area contributed by atoms with Crippen LogP contribution in [-0.4, -0.2) is 47.1 Å². The number of carbonyl (C=O) groups excluding carboxylic acids is 1. The van der Waals surface area contributed by atoms with Crippen LogP contribution in [0.25, 0.3) is 0 Å². The lowest BCUT2D eigenvalue weighted by molar-refractivity contribution is -0.180. The van der Waals surface area contributed by atoms with Gasteiger partial charge in [-0.05, 0) is 18.6 Å².